The van der Waals surface area contributed by atoms with Gasteiger partial charge in [-0.2, -0.15) is 0 Å². The van der Waals surface area contributed by atoms with Crippen molar-refractivity contribution < 1.29 is 9.47 Å². The summed E-state index contributed by atoms with van der Waals surface area (Å²) in [6.07, 6.45) is 2.51. The number of halogens is 1. The SMILES string of the molecule is COc1cc(CNCC2CCNCC2)c(Br)cc1OCc1ccccc1. The minimum Gasteiger partial charge on any atom is -0.493 e. The van der Waals surface area contributed by atoms with Crippen LogP contribution in [0, 0.1) is 5.92 Å². The van der Waals surface area contributed by atoms with E-state index < -0.39 is 0 Å². The van der Waals surface area contributed by atoms with Crippen molar-refractivity contribution in [3.8, 4) is 11.5 Å². The number of ether oxygens (including phenoxy) is 2. The lowest BCUT2D eigenvalue weighted by molar-refractivity contribution is 0.284. The first-order valence-corrected chi connectivity index (χ1v) is 10.00. The van der Waals surface area contributed by atoms with E-state index in [-0.39, 0.29) is 0 Å². The van der Waals surface area contributed by atoms with Crippen molar-refractivity contribution in [2.45, 2.75) is 26.0 Å². The molecule has 1 aliphatic rings. The van der Waals surface area contributed by atoms with Crippen molar-refractivity contribution in [1.82, 2.24) is 10.6 Å². The molecule has 1 heterocycles. The maximum Gasteiger partial charge on any atom is 0.162 e. The van der Waals surface area contributed by atoms with E-state index in [9.17, 15) is 0 Å². The molecule has 1 saturated heterocycles. The number of rotatable bonds is 8. The van der Waals surface area contributed by atoms with Gasteiger partial charge < -0.3 is 20.1 Å². The highest BCUT2D eigenvalue weighted by molar-refractivity contribution is 9.10. The summed E-state index contributed by atoms with van der Waals surface area (Å²) in [6, 6.07) is 14.2. The first-order chi connectivity index (χ1) is 12.8. The fourth-order valence-electron chi connectivity index (χ4n) is 3.22. The number of hydrogen-bond donors (Lipinski definition) is 2. The molecule has 0 aliphatic carbocycles. The van der Waals surface area contributed by atoms with Crippen molar-refractivity contribution in [2.24, 2.45) is 5.92 Å². The zero-order valence-corrected chi connectivity index (χ0v) is 16.8. The van der Waals surface area contributed by atoms with Gasteiger partial charge in [-0.15, -0.1) is 0 Å². The summed E-state index contributed by atoms with van der Waals surface area (Å²) in [5.41, 5.74) is 2.32. The molecule has 1 fully saturated rings. The van der Waals surface area contributed by atoms with Crippen molar-refractivity contribution in [3.63, 3.8) is 0 Å². The van der Waals surface area contributed by atoms with E-state index in [2.05, 4.69) is 44.8 Å². The quantitative estimate of drug-likeness (QED) is 0.676. The second-order valence-corrected chi connectivity index (χ2v) is 7.55. The van der Waals surface area contributed by atoms with Gasteiger partial charge >= 0.3 is 0 Å². The highest BCUT2D eigenvalue weighted by Gasteiger charge is 2.14. The van der Waals surface area contributed by atoms with E-state index in [1.807, 2.05) is 24.3 Å². The normalized spacial score (nSPS) is 15.0. The molecule has 26 heavy (non-hydrogen) atoms. The molecule has 2 aromatic rings. The fourth-order valence-corrected chi connectivity index (χ4v) is 3.68. The van der Waals surface area contributed by atoms with Crippen LogP contribution in [0.3, 0.4) is 0 Å². The summed E-state index contributed by atoms with van der Waals surface area (Å²) < 4.78 is 12.6. The highest BCUT2D eigenvalue weighted by atomic mass is 79.9. The van der Waals surface area contributed by atoms with Crippen LogP contribution in [0.15, 0.2) is 46.9 Å². The third kappa shape index (κ3) is 5.47. The Morgan fingerprint density at radius 1 is 1.12 bits per heavy atom. The van der Waals surface area contributed by atoms with Crippen LogP contribution in [0.1, 0.15) is 24.0 Å². The third-order valence-corrected chi connectivity index (χ3v) is 5.52. The first kappa shape index (κ1) is 19.2. The van der Waals surface area contributed by atoms with Crippen LogP contribution in [-0.4, -0.2) is 26.7 Å². The second kappa shape index (κ2) is 9.95. The largest absolute Gasteiger partial charge is 0.493 e. The molecular weight excluding hydrogens is 392 g/mol. The van der Waals surface area contributed by atoms with E-state index in [1.54, 1.807) is 7.11 Å². The standard InChI is InChI=1S/C21H27BrN2O2/c1-25-20-11-18(14-24-13-16-7-9-23-10-8-16)19(22)12-21(20)26-15-17-5-3-2-4-6-17/h2-6,11-12,16,23-24H,7-10,13-15H2,1H3. The Bertz CT molecular complexity index is 688. The molecule has 5 heteroatoms. The highest BCUT2D eigenvalue weighted by Crippen LogP contribution is 2.34. The van der Waals surface area contributed by atoms with E-state index >= 15 is 0 Å². The topological polar surface area (TPSA) is 42.5 Å². The summed E-state index contributed by atoms with van der Waals surface area (Å²) in [6.45, 7) is 4.67. The van der Waals surface area contributed by atoms with E-state index in [1.165, 1.54) is 18.4 Å². The van der Waals surface area contributed by atoms with Gasteiger partial charge in [-0.3, -0.25) is 0 Å². The lowest BCUT2D eigenvalue weighted by atomic mass is 9.98. The average molecular weight is 419 g/mol. The minimum absolute atomic E-state index is 0.525. The number of nitrogens with one attached hydrogen (secondary N) is 2. The Kier molecular flexibility index (Phi) is 7.35. The number of benzene rings is 2. The van der Waals surface area contributed by atoms with Gasteiger partial charge in [0.05, 0.1) is 7.11 Å². The van der Waals surface area contributed by atoms with Gasteiger partial charge in [0, 0.05) is 11.0 Å². The summed E-state index contributed by atoms with van der Waals surface area (Å²) in [5, 5.41) is 7.00. The van der Waals surface area contributed by atoms with Gasteiger partial charge in [-0.05, 0) is 61.7 Å². The predicted octanol–water partition coefficient (Wildman–Crippen LogP) is 4.13. The molecule has 0 spiro atoms. The Morgan fingerprint density at radius 3 is 2.62 bits per heavy atom. The summed E-state index contributed by atoms with van der Waals surface area (Å²) >= 11 is 3.68. The van der Waals surface area contributed by atoms with E-state index in [4.69, 9.17) is 9.47 Å². The molecule has 0 aromatic heterocycles. The molecule has 4 nitrogen and oxygen atoms in total. The van der Waals surface area contributed by atoms with Crippen LogP contribution in [0.4, 0.5) is 0 Å². The molecule has 0 bridgehead atoms. The molecule has 2 aromatic carbocycles. The Morgan fingerprint density at radius 2 is 1.88 bits per heavy atom. The molecule has 3 rings (SSSR count). The maximum atomic E-state index is 5.97. The number of methoxy groups -OCH3 is 1. The molecule has 0 saturated carbocycles. The lowest BCUT2D eigenvalue weighted by Gasteiger charge is -2.23. The van der Waals surface area contributed by atoms with Crippen LogP contribution < -0.4 is 20.1 Å². The van der Waals surface area contributed by atoms with Crippen molar-refractivity contribution in [2.75, 3.05) is 26.7 Å². The second-order valence-electron chi connectivity index (χ2n) is 6.69. The van der Waals surface area contributed by atoms with Crippen molar-refractivity contribution in [3.05, 3.63) is 58.1 Å². The van der Waals surface area contributed by atoms with E-state index in [0.717, 1.165) is 53.6 Å². The zero-order chi connectivity index (χ0) is 18.2. The number of hydrogen-bond acceptors (Lipinski definition) is 4. The van der Waals surface area contributed by atoms with Crippen LogP contribution in [0.2, 0.25) is 0 Å². The van der Waals surface area contributed by atoms with Crippen LogP contribution in [0.5, 0.6) is 11.5 Å². The van der Waals surface area contributed by atoms with Gasteiger partial charge in [0.15, 0.2) is 11.5 Å². The summed E-state index contributed by atoms with van der Waals surface area (Å²) in [7, 11) is 1.69. The van der Waals surface area contributed by atoms with Gasteiger partial charge in [0.25, 0.3) is 0 Å². The predicted molar refractivity (Wildman–Crippen MR) is 109 cm³/mol. The van der Waals surface area contributed by atoms with E-state index in [0.29, 0.717) is 6.61 Å². The molecule has 140 valence electrons. The molecular formula is C21H27BrN2O2. The van der Waals surface area contributed by atoms with Gasteiger partial charge in [0.1, 0.15) is 6.61 Å². The molecule has 2 N–H and O–H groups in total. The summed E-state index contributed by atoms with van der Waals surface area (Å²) in [4.78, 5) is 0. The maximum absolute atomic E-state index is 5.97. The molecule has 1 aliphatic heterocycles. The monoisotopic (exact) mass is 418 g/mol. The first-order valence-electron chi connectivity index (χ1n) is 9.21. The van der Waals surface area contributed by atoms with Gasteiger partial charge in [-0.1, -0.05) is 46.3 Å². The smallest absolute Gasteiger partial charge is 0.162 e. The lowest BCUT2D eigenvalue weighted by Crippen LogP contribution is -2.33. The van der Waals surface area contributed by atoms with Crippen LogP contribution in [-0.2, 0) is 13.2 Å². The minimum atomic E-state index is 0.525. The Labute approximate surface area is 164 Å². The Hall–Kier alpha value is -1.56. The average Bonchev–Trinajstić information content (AvgIpc) is 2.69. The zero-order valence-electron chi connectivity index (χ0n) is 15.3. The third-order valence-electron chi connectivity index (χ3n) is 4.78. The fraction of sp³-hybridized carbons (Fsp3) is 0.429. The van der Waals surface area contributed by atoms with Crippen molar-refractivity contribution >= 4 is 15.9 Å². The Balaban J connectivity index is 1.58. The molecule has 0 atom stereocenters. The van der Waals surface area contributed by atoms with Gasteiger partial charge in [-0.25, -0.2) is 0 Å². The summed E-state index contributed by atoms with van der Waals surface area (Å²) in [5.74, 6) is 2.29. The molecule has 0 unspecified atom stereocenters. The van der Waals surface area contributed by atoms with Gasteiger partial charge in [0.2, 0.25) is 0 Å². The van der Waals surface area contributed by atoms with Crippen LogP contribution in [0.25, 0.3) is 0 Å². The van der Waals surface area contributed by atoms with Crippen molar-refractivity contribution in [1.29, 1.82) is 0 Å². The molecule has 0 amide bonds. The molecule has 0 radical (unpaired) electrons. The number of piperidine rings is 1. The van der Waals surface area contributed by atoms with Crippen LogP contribution >= 0.6 is 15.9 Å².